The number of hydrogen-bond donors (Lipinski definition) is 3. The van der Waals surface area contributed by atoms with E-state index < -0.39 is 0 Å². The van der Waals surface area contributed by atoms with Crippen molar-refractivity contribution in [1.29, 1.82) is 0 Å². The van der Waals surface area contributed by atoms with Gasteiger partial charge in [-0.15, -0.1) is 0 Å². The average Bonchev–Trinajstić information content (AvgIpc) is 2.55. The number of nitrogens with two attached hydrogens (primary N) is 3. The van der Waals surface area contributed by atoms with Crippen molar-refractivity contribution >= 4 is 0 Å². The summed E-state index contributed by atoms with van der Waals surface area (Å²) in [7, 11) is 0. The van der Waals surface area contributed by atoms with Crippen molar-refractivity contribution in [2.24, 2.45) is 17.2 Å². The highest BCUT2D eigenvalue weighted by molar-refractivity contribution is 5.13. The fourth-order valence-electron chi connectivity index (χ4n) is 0.614. The van der Waals surface area contributed by atoms with Crippen LogP contribution in [0.1, 0.15) is 61.0 Å². The summed E-state index contributed by atoms with van der Waals surface area (Å²) in [4.78, 5) is 0. The fourth-order valence-corrected chi connectivity index (χ4v) is 0.614. The molecule has 124 valence electrons. The summed E-state index contributed by atoms with van der Waals surface area (Å²) in [5.41, 5.74) is 16.2. The average molecular weight is 288 g/mol. The highest BCUT2D eigenvalue weighted by atomic mass is 14.5. The fraction of sp³-hybridized carbons (Fsp3) is 0.647. The van der Waals surface area contributed by atoms with Gasteiger partial charge in [0.2, 0.25) is 0 Å². The minimum atomic E-state index is 0.640. The van der Waals surface area contributed by atoms with Crippen LogP contribution in [0.5, 0.6) is 0 Å². The molecule has 1 rings (SSSR count). The van der Waals surface area contributed by atoms with Gasteiger partial charge in [0.05, 0.1) is 0 Å². The molecule has 0 fully saturated rings. The minimum absolute atomic E-state index is 0.640. The highest BCUT2D eigenvalue weighted by Gasteiger charge is 1.80. The lowest BCUT2D eigenvalue weighted by atomic mass is 10.2. The van der Waals surface area contributed by atoms with Crippen molar-refractivity contribution in [3.05, 3.63) is 35.9 Å². The molecule has 1 aromatic rings. The summed E-state index contributed by atoms with van der Waals surface area (Å²) in [5, 5.41) is 0. The van der Waals surface area contributed by atoms with Gasteiger partial charge in [-0.05, 0) is 18.7 Å². The van der Waals surface area contributed by atoms with E-state index in [-0.39, 0.29) is 0 Å². The van der Waals surface area contributed by atoms with Gasteiger partial charge in [0.15, 0.2) is 0 Å². The first-order chi connectivity index (χ1) is 9.76. The molecular formula is C17H41N3. The van der Waals surface area contributed by atoms with E-state index >= 15 is 0 Å². The minimum Gasteiger partial charge on any atom is -0.331 e. The van der Waals surface area contributed by atoms with E-state index in [0.717, 1.165) is 13.1 Å². The smallest absolute Gasteiger partial charge is 0.0178 e. The van der Waals surface area contributed by atoms with Crippen LogP contribution in [0.25, 0.3) is 0 Å². The summed E-state index contributed by atoms with van der Waals surface area (Å²) in [6.45, 7) is 17.9. The molecule has 0 radical (unpaired) electrons. The lowest BCUT2D eigenvalue weighted by Crippen LogP contribution is -1.94. The molecule has 0 aliphatic carbocycles. The third-order valence-electron chi connectivity index (χ3n) is 1.08. The summed E-state index contributed by atoms with van der Waals surface area (Å²) in [6, 6.07) is 9.99. The molecule has 1 aromatic carbocycles. The van der Waals surface area contributed by atoms with E-state index in [1.54, 1.807) is 0 Å². The summed E-state index contributed by atoms with van der Waals surface area (Å²) in [6.07, 6.45) is 0. The van der Waals surface area contributed by atoms with Gasteiger partial charge < -0.3 is 17.2 Å². The molecule has 3 heteroatoms. The summed E-state index contributed by atoms with van der Waals surface area (Å²) >= 11 is 0. The molecule has 0 amide bonds. The van der Waals surface area contributed by atoms with Crippen molar-refractivity contribution in [3.63, 3.8) is 0 Å². The Labute approximate surface area is 128 Å². The molecule has 0 saturated carbocycles. The van der Waals surface area contributed by atoms with Crippen LogP contribution in [0.2, 0.25) is 0 Å². The maximum atomic E-state index is 5.35. The van der Waals surface area contributed by atoms with Crippen LogP contribution in [0, 0.1) is 0 Å². The first kappa shape index (κ1) is 31.5. The Morgan fingerprint density at radius 2 is 0.900 bits per heavy atom. The van der Waals surface area contributed by atoms with Crippen LogP contribution >= 0.6 is 0 Å². The first-order valence-corrected chi connectivity index (χ1v) is 7.90. The van der Waals surface area contributed by atoms with Gasteiger partial charge in [-0.1, -0.05) is 85.7 Å². The van der Waals surface area contributed by atoms with Crippen LogP contribution in [0.3, 0.4) is 0 Å². The van der Waals surface area contributed by atoms with Gasteiger partial charge in [-0.2, -0.15) is 0 Å². The van der Waals surface area contributed by atoms with Crippen LogP contribution in [-0.2, 0) is 6.54 Å². The van der Waals surface area contributed by atoms with Crippen molar-refractivity contribution in [1.82, 2.24) is 0 Å². The SMILES string of the molecule is CC.CC.CC.CCN.CCN.NCc1ccccc1. The summed E-state index contributed by atoms with van der Waals surface area (Å²) < 4.78 is 0. The molecule has 0 aliphatic rings. The molecule has 0 atom stereocenters. The van der Waals surface area contributed by atoms with E-state index in [1.807, 2.05) is 85.7 Å². The van der Waals surface area contributed by atoms with Gasteiger partial charge in [-0.25, -0.2) is 0 Å². The molecule has 0 aromatic heterocycles. The first-order valence-electron chi connectivity index (χ1n) is 7.90. The van der Waals surface area contributed by atoms with Crippen LogP contribution in [-0.4, -0.2) is 13.1 Å². The largest absolute Gasteiger partial charge is 0.331 e. The van der Waals surface area contributed by atoms with Gasteiger partial charge >= 0.3 is 0 Å². The van der Waals surface area contributed by atoms with Gasteiger partial charge in [0, 0.05) is 6.54 Å². The zero-order valence-electron chi connectivity index (χ0n) is 15.2. The quantitative estimate of drug-likeness (QED) is 0.726. The van der Waals surface area contributed by atoms with Crippen LogP contribution < -0.4 is 17.2 Å². The Hall–Kier alpha value is -0.900. The van der Waals surface area contributed by atoms with E-state index in [2.05, 4.69) is 0 Å². The second-order valence-electron chi connectivity index (χ2n) is 2.51. The Kier molecular flexibility index (Phi) is 81.6. The zero-order valence-corrected chi connectivity index (χ0v) is 15.2. The number of hydrogen-bond acceptors (Lipinski definition) is 3. The van der Waals surface area contributed by atoms with E-state index in [1.165, 1.54) is 5.56 Å². The van der Waals surface area contributed by atoms with Gasteiger partial charge in [0.1, 0.15) is 0 Å². The second-order valence-corrected chi connectivity index (χ2v) is 2.51. The third-order valence-corrected chi connectivity index (χ3v) is 1.08. The van der Waals surface area contributed by atoms with Crippen molar-refractivity contribution in [3.8, 4) is 0 Å². The molecule has 6 N–H and O–H groups in total. The van der Waals surface area contributed by atoms with Crippen molar-refractivity contribution in [2.45, 2.75) is 61.9 Å². The molecule has 3 nitrogen and oxygen atoms in total. The zero-order chi connectivity index (χ0) is 17.2. The summed E-state index contributed by atoms with van der Waals surface area (Å²) in [5.74, 6) is 0. The predicted octanol–water partition coefficient (Wildman–Crippen LogP) is 4.15. The van der Waals surface area contributed by atoms with E-state index in [9.17, 15) is 0 Å². The van der Waals surface area contributed by atoms with Crippen LogP contribution in [0.4, 0.5) is 0 Å². The lowest BCUT2D eigenvalue weighted by Gasteiger charge is -1.90. The number of rotatable bonds is 1. The molecule has 0 unspecified atom stereocenters. The maximum Gasteiger partial charge on any atom is 0.0178 e. The highest BCUT2D eigenvalue weighted by Crippen LogP contribution is 1.94. The standard InChI is InChI=1S/C7H9N.2C2H7N.3C2H6/c8-6-7-4-2-1-3-5-7;2*1-2-3;3*1-2/h1-5H,6,8H2;2*2-3H2,1H3;3*1-2H3. The van der Waals surface area contributed by atoms with E-state index in [4.69, 9.17) is 17.2 Å². The second kappa shape index (κ2) is 51.9. The molecule has 0 aliphatic heterocycles. The molecule has 0 saturated heterocycles. The maximum absolute atomic E-state index is 5.35. The Balaban J connectivity index is -0.0000000534. The topological polar surface area (TPSA) is 78.1 Å². The third kappa shape index (κ3) is 53.5. The van der Waals surface area contributed by atoms with Crippen molar-refractivity contribution in [2.75, 3.05) is 13.1 Å². The molecular weight excluding hydrogens is 246 g/mol. The lowest BCUT2D eigenvalue weighted by molar-refractivity contribution is 1.07. The molecule has 20 heavy (non-hydrogen) atoms. The Morgan fingerprint density at radius 1 is 0.650 bits per heavy atom. The van der Waals surface area contributed by atoms with Gasteiger partial charge in [0.25, 0.3) is 0 Å². The molecule has 0 spiro atoms. The Bertz CT molecular complexity index is 175. The molecule has 0 heterocycles. The normalized spacial score (nSPS) is 6.35. The van der Waals surface area contributed by atoms with Crippen molar-refractivity contribution < 1.29 is 0 Å². The number of benzene rings is 1. The molecule has 0 bridgehead atoms. The Morgan fingerprint density at radius 3 is 1.05 bits per heavy atom. The monoisotopic (exact) mass is 287 g/mol. The van der Waals surface area contributed by atoms with Crippen LogP contribution in [0.15, 0.2) is 30.3 Å². The predicted molar refractivity (Wildman–Crippen MR) is 97.8 cm³/mol. The van der Waals surface area contributed by atoms with E-state index in [0.29, 0.717) is 6.54 Å². The van der Waals surface area contributed by atoms with Gasteiger partial charge in [-0.3, -0.25) is 0 Å².